The average molecular weight is 185 g/mol. The van der Waals surface area contributed by atoms with Gasteiger partial charge < -0.3 is 4.98 Å². The summed E-state index contributed by atoms with van der Waals surface area (Å²) in [6.07, 6.45) is 1.00. The number of aromatic amines is 1. The zero-order valence-electron chi connectivity index (χ0n) is 8.67. The quantitative estimate of drug-likeness (QED) is 0.739. The fraction of sp³-hybridized carbons (Fsp3) is 0.231. The van der Waals surface area contributed by atoms with Gasteiger partial charge in [-0.15, -0.1) is 0 Å². The molecule has 0 bridgehead atoms. The van der Waals surface area contributed by atoms with Crippen LogP contribution in [-0.4, -0.2) is 4.98 Å². The van der Waals surface area contributed by atoms with Crippen LogP contribution in [0.4, 0.5) is 0 Å². The molecule has 0 amide bonds. The molecule has 0 saturated carbocycles. The molecule has 0 unspecified atom stereocenters. The lowest BCUT2D eigenvalue weighted by Gasteiger charge is -2.00. The van der Waals surface area contributed by atoms with Gasteiger partial charge in [0.15, 0.2) is 0 Å². The Balaban J connectivity index is 2.23. The number of hydrogen-bond donors (Lipinski definition) is 1. The Bertz CT molecular complexity index is 412. The van der Waals surface area contributed by atoms with Gasteiger partial charge in [-0.25, -0.2) is 0 Å². The summed E-state index contributed by atoms with van der Waals surface area (Å²) < 4.78 is 0. The van der Waals surface area contributed by atoms with Gasteiger partial charge in [0, 0.05) is 17.8 Å². The summed E-state index contributed by atoms with van der Waals surface area (Å²) in [7, 11) is 0. The van der Waals surface area contributed by atoms with Crippen molar-refractivity contribution in [2.75, 3.05) is 0 Å². The van der Waals surface area contributed by atoms with Crippen LogP contribution in [0.1, 0.15) is 22.5 Å². The molecular weight excluding hydrogens is 170 g/mol. The number of benzene rings is 1. The fourth-order valence-corrected chi connectivity index (χ4v) is 1.77. The standard InChI is InChI=1S/C13H15N/c1-10-8-11(2)14-13(10)9-12-6-4-3-5-7-12/h3-8,14H,9H2,1-2H3. The van der Waals surface area contributed by atoms with Gasteiger partial charge in [0.05, 0.1) is 0 Å². The molecule has 2 rings (SSSR count). The smallest absolute Gasteiger partial charge is 0.0223 e. The Labute approximate surface area is 84.8 Å². The summed E-state index contributed by atoms with van der Waals surface area (Å²) >= 11 is 0. The first kappa shape index (κ1) is 9.07. The summed E-state index contributed by atoms with van der Waals surface area (Å²) in [6.45, 7) is 4.25. The number of hydrogen-bond acceptors (Lipinski definition) is 0. The highest BCUT2D eigenvalue weighted by atomic mass is 14.7. The number of H-pyrrole nitrogens is 1. The third-order valence-corrected chi connectivity index (χ3v) is 2.48. The van der Waals surface area contributed by atoms with Crippen LogP contribution >= 0.6 is 0 Å². The summed E-state index contributed by atoms with van der Waals surface area (Å²) in [5.41, 5.74) is 5.28. The Kier molecular flexibility index (Phi) is 2.40. The van der Waals surface area contributed by atoms with E-state index in [1.54, 1.807) is 0 Å². The van der Waals surface area contributed by atoms with Crippen LogP contribution in [0.2, 0.25) is 0 Å². The lowest BCUT2D eigenvalue weighted by Crippen LogP contribution is -1.90. The minimum Gasteiger partial charge on any atom is -0.362 e. The van der Waals surface area contributed by atoms with E-state index in [9.17, 15) is 0 Å². The van der Waals surface area contributed by atoms with Gasteiger partial charge in [0.25, 0.3) is 0 Å². The number of aromatic nitrogens is 1. The molecule has 0 fully saturated rings. The highest BCUT2D eigenvalue weighted by Gasteiger charge is 2.02. The molecule has 72 valence electrons. The Morgan fingerprint density at radius 3 is 2.36 bits per heavy atom. The molecule has 1 N–H and O–H groups in total. The van der Waals surface area contributed by atoms with Gasteiger partial charge in [-0.2, -0.15) is 0 Å². The average Bonchev–Trinajstić information content (AvgIpc) is 2.47. The molecule has 1 heteroatoms. The largest absolute Gasteiger partial charge is 0.362 e. The van der Waals surface area contributed by atoms with Crippen molar-refractivity contribution in [1.82, 2.24) is 4.98 Å². The molecule has 14 heavy (non-hydrogen) atoms. The third-order valence-electron chi connectivity index (χ3n) is 2.48. The van der Waals surface area contributed by atoms with E-state index < -0.39 is 0 Å². The highest BCUT2D eigenvalue weighted by Crippen LogP contribution is 2.13. The zero-order chi connectivity index (χ0) is 9.97. The number of nitrogens with one attached hydrogen (secondary N) is 1. The van der Waals surface area contributed by atoms with Crippen molar-refractivity contribution in [2.24, 2.45) is 0 Å². The predicted octanol–water partition coefficient (Wildman–Crippen LogP) is 3.22. The molecule has 0 aliphatic rings. The zero-order valence-corrected chi connectivity index (χ0v) is 8.67. The second-order valence-electron chi connectivity index (χ2n) is 3.78. The second kappa shape index (κ2) is 3.70. The van der Waals surface area contributed by atoms with Gasteiger partial charge in [-0.05, 0) is 31.0 Å². The summed E-state index contributed by atoms with van der Waals surface area (Å²) in [5.74, 6) is 0. The molecule has 0 saturated heterocycles. The monoisotopic (exact) mass is 185 g/mol. The molecule has 1 heterocycles. The van der Waals surface area contributed by atoms with E-state index in [1.807, 2.05) is 0 Å². The van der Waals surface area contributed by atoms with E-state index in [1.165, 1.54) is 22.5 Å². The molecule has 2 aromatic rings. The van der Waals surface area contributed by atoms with Gasteiger partial charge >= 0.3 is 0 Å². The van der Waals surface area contributed by atoms with Crippen molar-refractivity contribution in [3.8, 4) is 0 Å². The summed E-state index contributed by atoms with van der Waals surface area (Å²) in [5, 5.41) is 0. The van der Waals surface area contributed by atoms with Crippen LogP contribution in [-0.2, 0) is 6.42 Å². The van der Waals surface area contributed by atoms with Crippen LogP contribution in [0.5, 0.6) is 0 Å². The van der Waals surface area contributed by atoms with Gasteiger partial charge in [0.1, 0.15) is 0 Å². The van der Waals surface area contributed by atoms with Crippen LogP contribution in [0.15, 0.2) is 36.4 Å². The third kappa shape index (κ3) is 1.87. The van der Waals surface area contributed by atoms with E-state index in [0.29, 0.717) is 0 Å². The Hall–Kier alpha value is -1.50. The van der Waals surface area contributed by atoms with Gasteiger partial charge in [0.2, 0.25) is 0 Å². The maximum absolute atomic E-state index is 3.39. The predicted molar refractivity (Wildman–Crippen MR) is 59.5 cm³/mol. The summed E-state index contributed by atoms with van der Waals surface area (Å²) in [4.78, 5) is 3.39. The Morgan fingerprint density at radius 2 is 1.79 bits per heavy atom. The molecule has 1 aromatic carbocycles. The lowest BCUT2D eigenvalue weighted by molar-refractivity contribution is 1.06. The molecule has 0 atom stereocenters. The molecular formula is C13H15N. The molecule has 0 aliphatic carbocycles. The first-order valence-corrected chi connectivity index (χ1v) is 4.95. The van der Waals surface area contributed by atoms with E-state index >= 15 is 0 Å². The first-order chi connectivity index (χ1) is 6.75. The van der Waals surface area contributed by atoms with E-state index in [0.717, 1.165) is 6.42 Å². The maximum Gasteiger partial charge on any atom is 0.0223 e. The Morgan fingerprint density at radius 1 is 1.07 bits per heavy atom. The van der Waals surface area contributed by atoms with E-state index in [2.05, 4.69) is 55.2 Å². The van der Waals surface area contributed by atoms with Crippen molar-refractivity contribution < 1.29 is 0 Å². The van der Waals surface area contributed by atoms with Crippen molar-refractivity contribution in [1.29, 1.82) is 0 Å². The lowest BCUT2D eigenvalue weighted by atomic mass is 10.1. The van der Waals surface area contributed by atoms with Crippen LogP contribution < -0.4 is 0 Å². The van der Waals surface area contributed by atoms with E-state index in [4.69, 9.17) is 0 Å². The topological polar surface area (TPSA) is 15.8 Å². The minimum atomic E-state index is 1.00. The molecule has 0 spiro atoms. The maximum atomic E-state index is 3.39. The second-order valence-corrected chi connectivity index (χ2v) is 3.78. The highest BCUT2D eigenvalue weighted by molar-refractivity contribution is 5.29. The van der Waals surface area contributed by atoms with Gasteiger partial charge in [-0.1, -0.05) is 30.3 Å². The SMILES string of the molecule is Cc1cc(C)c(Cc2ccccc2)[nH]1. The van der Waals surface area contributed by atoms with E-state index in [-0.39, 0.29) is 0 Å². The number of aryl methyl sites for hydroxylation is 2. The van der Waals surface area contributed by atoms with Crippen LogP contribution in [0.3, 0.4) is 0 Å². The minimum absolute atomic E-state index is 1.00. The molecule has 0 radical (unpaired) electrons. The van der Waals surface area contributed by atoms with Crippen molar-refractivity contribution in [2.45, 2.75) is 20.3 Å². The van der Waals surface area contributed by atoms with Crippen LogP contribution in [0.25, 0.3) is 0 Å². The van der Waals surface area contributed by atoms with Gasteiger partial charge in [-0.3, -0.25) is 0 Å². The summed E-state index contributed by atoms with van der Waals surface area (Å²) in [6, 6.07) is 12.7. The van der Waals surface area contributed by atoms with Crippen molar-refractivity contribution in [3.63, 3.8) is 0 Å². The van der Waals surface area contributed by atoms with Crippen molar-refractivity contribution >= 4 is 0 Å². The first-order valence-electron chi connectivity index (χ1n) is 4.95. The molecule has 1 aromatic heterocycles. The number of rotatable bonds is 2. The normalized spacial score (nSPS) is 10.4. The van der Waals surface area contributed by atoms with Crippen molar-refractivity contribution in [3.05, 3.63) is 58.9 Å². The van der Waals surface area contributed by atoms with Crippen LogP contribution in [0, 0.1) is 13.8 Å². The molecule has 1 nitrogen and oxygen atoms in total. The fourth-order valence-electron chi connectivity index (χ4n) is 1.77. The molecule has 0 aliphatic heterocycles.